The fourth-order valence-electron chi connectivity index (χ4n) is 1.79. The third-order valence-corrected chi connectivity index (χ3v) is 4.34. The van der Waals surface area contributed by atoms with E-state index in [1.165, 1.54) is 44.5 Å². The van der Waals surface area contributed by atoms with Crippen molar-refractivity contribution in [2.75, 3.05) is 18.8 Å². The van der Waals surface area contributed by atoms with Gasteiger partial charge in [0.2, 0.25) is 0 Å². The normalized spacial score (nSPS) is 27.3. The quantitative estimate of drug-likeness (QED) is 0.696. The molecule has 1 saturated heterocycles. The predicted molar refractivity (Wildman–Crippen MR) is 51.1 cm³/mol. The summed E-state index contributed by atoms with van der Waals surface area (Å²) in [6.07, 6.45) is 5.96. The van der Waals surface area contributed by atoms with Crippen LogP contribution in [0, 0.1) is 5.92 Å². The molecule has 0 radical (unpaired) electrons. The molecule has 2 aliphatic rings. The van der Waals surface area contributed by atoms with Crippen LogP contribution in [0.3, 0.4) is 0 Å². The van der Waals surface area contributed by atoms with Gasteiger partial charge in [-0.3, -0.25) is 0 Å². The first-order valence-electron chi connectivity index (χ1n) is 4.77. The van der Waals surface area contributed by atoms with E-state index in [1.807, 2.05) is 0 Å². The lowest BCUT2D eigenvalue weighted by Crippen LogP contribution is -2.43. The van der Waals surface area contributed by atoms with Crippen molar-refractivity contribution in [3.63, 3.8) is 0 Å². The Bertz CT molecular complexity index is 117. The summed E-state index contributed by atoms with van der Waals surface area (Å²) in [5, 5.41) is 4.35. The van der Waals surface area contributed by atoms with Crippen LogP contribution in [0.2, 0.25) is 0 Å². The van der Waals surface area contributed by atoms with Crippen LogP contribution >= 0.6 is 11.8 Å². The number of rotatable bonds is 3. The lowest BCUT2D eigenvalue weighted by atomic mass is 10.1. The van der Waals surface area contributed by atoms with Crippen LogP contribution in [0.15, 0.2) is 0 Å². The molecule has 1 aliphatic carbocycles. The Labute approximate surface area is 73.3 Å². The second-order valence-corrected chi connectivity index (χ2v) is 5.10. The molecule has 2 heteroatoms. The average Bonchev–Trinajstić information content (AvgIpc) is 2.36. The molecule has 0 atom stereocenters. The van der Waals surface area contributed by atoms with Gasteiger partial charge in [-0.25, -0.2) is 0 Å². The van der Waals surface area contributed by atoms with Crippen LogP contribution in [0.4, 0.5) is 0 Å². The number of thioether (sulfide) groups is 1. The molecule has 0 unspecified atom stereocenters. The molecule has 1 heterocycles. The van der Waals surface area contributed by atoms with Gasteiger partial charge in [0, 0.05) is 5.25 Å². The number of hydrogen-bond donors (Lipinski definition) is 1. The molecule has 11 heavy (non-hydrogen) atoms. The van der Waals surface area contributed by atoms with Crippen molar-refractivity contribution in [3.05, 3.63) is 0 Å². The molecule has 0 aromatic heterocycles. The van der Waals surface area contributed by atoms with Gasteiger partial charge in [-0.15, -0.1) is 0 Å². The van der Waals surface area contributed by atoms with Crippen LogP contribution < -0.4 is 5.32 Å². The highest BCUT2D eigenvalue weighted by atomic mass is 32.2. The molecule has 1 aliphatic heterocycles. The van der Waals surface area contributed by atoms with Gasteiger partial charge in [0.05, 0.1) is 0 Å². The molecule has 64 valence electrons. The van der Waals surface area contributed by atoms with E-state index in [4.69, 9.17) is 0 Å². The highest BCUT2D eigenvalue weighted by Crippen LogP contribution is 2.30. The zero-order valence-electron chi connectivity index (χ0n) is 7.01. The minimum Gasteiger partial charge on any atom is -0.316 e. The maximum atomic E-state index is 3.32. The maximum Gasteiger partial charge on any atom is 0.00471 e. The summed E-state index contributed by atoms with van der Waals surface area (Å²) >= 11 is 2.23. The summed E-state index contributed by atoms with van der Waals surface area (Å²) in [5.41, 5.74) is 0. The van der Waals surface area contributed by atoms with E-state index in [0.29, 0.717) is 0 Å². The molecule has 2 fully saturated rings. The van der Waals surface area contributed by atoms with Crippen molar-refractivity contribution >= 4 is 11.8 Å². The SMILES string of the molecule is C1CCC(SCC2CNC2)C1. The fourth-order valence-corrected chi connectivity index (χ4v) is 3.24. The Morgan fingerprint density at radius 1 is 1.18 bits per heavy atom. The van der Waals surface area contributed by atoms with Crippen molar-refractivity contribution in [2.24, 2.45) is 5.92 Å². The van der Waals surface area contributed by atoms with Gasteiger partial charge < -0.3 is 5.32 Å². The van der Waals surface area contributed by atoms with Crippen molar-refractivity contribution in [1.29, 1.82) is 0 Å². The summed E-state index contributed by atoms with van der Waals surface area (Å²) in [5.74, 6) is 2.41. The highest BCUT2D eigenvalue weighted by molar-refractivity contribution is 7.99. The largest absolute Gasteiger partial charge is 0.316 e. The van der Waals surface area contributed by atoms with E-state index in [-0.39, 0.29) is 0 Å². The molecule has 0 spiro atoms. The maximum absolute atomic E-state index is 3.32. The second kappa shape index (κ2) is 3.81. The summed E-state index contributed by atoms with van der Waals surface area (Å²) in [4.78, 5) is 0. The molecule has 1 nitrogen and oxygen atoms in total. The summed E-state index contributed by atoms with van der Waals surface area (Å²) in [6, 6.07) is 0. The van der Waals surface area contributed by atoms with Crippen molar-refractivity contribution in [3.8, 4) is 0 Å². The standard InChI is InChI=1S/C9H17NS/c1-2-4-9(3-1)11-7-8-5-10-6-8/h8-10H,1-7H2. The minimum absolute atomic E-state index is 1.00. The first kappa shape index (κ1) is 7.93. The first-order valence-corrected chi connectivity index (χ1v) is 5.82. The third-order valence-electron chi connectivity index (χ3n) is 2.74. The monoisotopic (exact) mass is 171 g/mol. The van der Waals surface area contributed by atoms with Gasteiger partial charge in [0.15, 0.2) is 0 Å². The molecule has 1 N–H and O–H groups in total. The van der Waals surface area contributed by atoms with Gasteiger partial charge in [0.25, 0.3) is 0 Å². The molecule has 0 aromatic rings. The molecule has 0 bridgehead atoms. The number of hydrogen-bond acceptors (Lipinski definition) is 2. The van der Waals surface area contributed by atoms with E-state index in [1.54, 1.807) is 0 Å². The van der Waals surface area contributed by atoms with Gasteiger partial charge in [0.1, 0.15) is 0 Å². The van der Waals surface area contributed by atoms with Crippen LogP contribution in [0.5, 0.6) is 0 Å². The highest BCUT2D eigenvalue weighted by Gasteiger charge is 2.20. The van der Waals surface area contributed by atoms with Crippen molar-refractivity contribution in [1.82, 2.24) is 5.32 Å². The van der Waals surface area contributed by atoms with Gasteiger partial charge >= 0.3 is 0 Å². The van der Waals surface area contributed by atoms with E-state index >= 15 is 0 Å². The second-order valence-electron chi connectivity index (χ2n) is 3.76. The number of nitrogens with one attached hydrogen (secondary N) is 1. The zero-order chi connectivity index (χ0) is 7.52. The molecular formula is C9H17NS. The van der Waals surface area contributed by atoms with Crippen LogP contribution in [-0.2, 0) is 0 Å². The lowest BCUT2D eigenvalue weighted by Gasteiger charge is -2.27. The van der Waals surface area contributed by atoms with Gasteiger partial charge in [-0.2, -0.15) is 11.8 Å². The van der Waals surface area contributed by atoms with E-state index < -0.39 is 0 Å². The first-order chi connectivity index (χ1) is 5.45. The molecule has 2 rings (SSSR count). The lowest BCUT2D eigenvalue weighted by molar-refractivity contribution is 0.385. The van der Waals surface area contributed by atoms with Crippen LogP contribution in [-0.4, -0.2) is 24.1 Å². The smallest absolute Gasteiger partial charge is 0.00471 e. The molecule has 0 aromatic carbocycles. The Morgan fingerprint density at radius 2 is 1.91 bits per heavy atom. The van der Waals surface area contributed by atoms with Crippen LogP contribution in [0.25, 0.3) is 0 Å². The average molecular weight is 171 g/mol. The Balaban J connectivity index is 1.57. The van der Waals surface area contributed by atoms with E-state index in [9.17, 15) is 0 Å². The third kappa shape index (κ3) is 2.12. The van der Waals surface area contributed by atoms with Gasteiger partial charge in [-0.05, 0) is 37.6 Å². The zero-order valence-corrected chi connectivity index (χ0v) is 7.83. The van der Waals surface area contributed by atoms with E-state index in [2.05, 4.69) is 17.1 Å². The molecular weight excluding hydrogens is 154 g/mol. The Morgan fingerprint density at radius 3 is 2.45 bits per heavy atom. The van der Waals surface area contributed by atoms with Gasteiger partial charge in [-0.1, -0.05) is 12.8 Å². The molecule has 1 saturated carbocycles. The van der Waals surface area contributed by atoms with E-state index in [0.717, 1.165) is 11.2 Å². The van der Waals surface area contributed by atoms with Crippen molar-refractivity contribution < 1.29 is 0 Å². The topological polar surface area (TPSA) is 12.0 Å². The summed E-state index contributed by atoms with van der Waals surface area (Å²) in [6.45, 7) is 2.56. The Hall–Kier alpha value is 0.310. The summed E-state index contributed by atoms with van der Waals surface area (Å²) < 4.78 is 0. The molecule has 0 amide bonds. The van der Waals surface area contributed by atoms with Crippen LogP contribution in [0.1, 0.15) is 25.7 Å². The summed E-state index contributed by atoms with van der Waals surface area (Å²) in [7, 11) is 0. The fraction of sp³-hybridized carbons (Fsp3) is 1.00. The predicted octanol–water partition coefficient (Wildman–Crippen LogP) is 1.88. The van der Waals surface area contributed by atoms with Crippen molar-refractivity contribution in [2.45, 2.75) is 30.9 Å². The minimum atomic E-state index is 1.00. The Kier molecular flexibility index (Phi) is 2.75.